The fourth-order valence-electron chi connectivity index (χ4n) is 8.63. The SMILES string of the molecule is Cc1ccc(-c2cc(C3=C4CCC=CC4C4C(=C3)C=CCC4C)cc(-c3cc(C4=CC=CC(C)C4)nc(C4C=CC=CC4)n3)c2)c(C)c1. The first-order valence-electron chi connectivity index (χ1n) is 18.0. The van der Waals surface area contributed by atoms with Gasteiger partial charge in [0.15, 0.2) is 0 Å². The number of aryl methyl sites for hydroxylation is 2. The monoisotopic (exact) mass is 626 g/mol. The van der Waals surface area contributed by atoms with Gasteiger partial charge in [0.1, 0.15) is 5.82 Å². The van der Waals surface area contributed by atoms with Gasteiger partial charge in [-0.05, 0) is 127 Å². The van der Waals surface area contributed by atoms with E-state index in [1.54, 1.807) is 5.57 Å². The maximum Gasteiger partial charge on any atom is 0.136 e. The number of hydrogen-bond acceptors (Lipinski definition) is 2. The Balaban J connectivity index is 1.34. The van der Waals surface area contributed by atoms with Crippen LogP contribution >= 0.6 is 0 Å². The Bertz CT molecular complexity index is 2020. The van der Waals surface area contributed by atoms with Crippen LogP contribution in [0, 0.1) is 37.5 Å². The van der Waals surface area contributed by atoms with Gasteiger partial charge in [-0.25, -0.2) is 9.97 Å². The molecule has 2 aromatic carbocycles. The van der Waals surface area contributed by atoms with Crippen LogP contribution in [0.3, 0.4) is 0 Å². The molecule has 0 radical (unpaired) electrons. The minimum absolute atomic E-state index is 0.174. The molecule has 5 atom stereocenters. The zero-order valence-corrected chi connectivity index (χ0v) is 28.8. The first-order chi connectivity index (χ1) is 23.4. The van der Waals surface area contributed by atoms with Crippen LogP contribution in [-0.2, 0) is 0 Å². The number of fused-ring (bicyclic) bond motifs is 3. The lowest BCUT2D eigenvalue weighted by molar-refractivity contribution is 0.341. The predicted molar refractivity (Wildman–Crippen MR) is 202 cm³/mol. The highest BCUT2D eigenvalue weighted by atomic mass is 14.9. The molecule has 48 heavy (non-hydrogen) atoms. The molecule has 5 aliphatic carbocycles. The topological polar surface area (TPSA) is 25.8 Å². The lowest BCUT2D eigenvalue weighted by Gasteiger charge is -2.40. The molecule has 1 aromatic heterocycles. The van der Waals surface area contributed by atoms with Gasteiger partial charge in [-0.1, -0.05) is 116 Å². The second-order valence-electron chi connectivity index (χ2n) is 14.7. The first kappa shape index (κ1) is 30.8. The van der Waals surface area contributed by atoms with Crippen LogP contribution in [0.25, 0.3) is 33.5 Å². The molecule has 240 valence electrons. The van der Waals surface area contributed by atoms with E-state index in [9.17, 15) is 0 Å². The molecule has 0 fully saturated rings. The van der Waals surface area contributed by atoms with Crippen molar-refractivity contribution in [1.82, 2.24) is 9.97 Å². The van der Waals surface area contributed by atoms with E-state index in [1.165, 1.54) is 44.5 Å². The Morgan fingerprint density at radius 3 is 2.44 bits per heavy atom. The molecule has 0 N–H and O–H groups in total. The first-order valence-corrected chi connectivity index (χ1v) is 18.0. The molecular weight excluding hydrogens is 581 g/mol. The van der Waals surface area contributed by atoms with Gasteiger partial charge in [0.25, 0.3) is 0 Å². The second kappa shape index (κ2) is 12.8. The summed E-state index contributed by atoms with van der Waals surface area (Å²) < 4.78 is 0. The van der Waals surface area contributed by atoms with Crippen LogP contribution in [0.5, 0.6) is 0 Å². The smallest absolute Gasteiger partial charge is 0.136 e. The molecule has 5 unspecified atom stereocenters. The molecule has 0 amide bonds. The Kier molecular flexibility index (Phi) is 8.20. The third-order valence-corrected chi connectivity index (χ3v) is 11.1. The number of benzene rings is 2. The zero-order chi connectivity index (χ0) is 32.8. The maximum absolute atomic E-state index is 5.36. The summed E-state index contributed by atoms with van der Waals surface area (Å²) in [5.74, 6) is 3.27. The zero-order valence-electron chi connectivity index (χ0n) is 28.8. The van der Waals surface area contributed by atoms with Gasteiger partial charge in [0, 0.05) is 17.4 Å². The summed E-state index contributed by atoms with van der Waals surface area (Å²) in [5, 5.41) is 0. The quantitative estimate of drug-likeness (QED) is 0.263. The number of aromatic nitrogens is 2. The average Bonchev–Trinajstić information content (AvgIpc) is 3.11. The highest BCUT2D eigenvalue weighted by molar-refractivity contribution is 5.87. The van der Waals surface area contributed by atoms with Crippen molar-refractivity contribution in [1.29, 1.82) is 0 Å². The third-order valence-electron chi connectivity index (χ3n) is 11.1. The van der Waals surface area contributed by atoms with Crippen molar-refractivity contribution in [3.8, 4) is 22.4 Å². The van der Waals surface area contributed by atoms with E-state index in [2.05, 4.69) is 143 Å². The largest absolute Gasteiger partial charge is 0.233 e. The minimum Gasteiger partial charge on any atom is -0.233 e. The fraction of sp³-hybridized carbons (Fsp3) is 0.304. The molecule has 0 spiro atoms. The summed E-state index contributed by atoms with van der Waals surface area (Å²) in [6, 6.07) is 16.3. The average molecular weight is 627 g/mol. The Labute approximate surface area is 286 Å². The molecule has 2 nitrogen and oxygen atoms in total. The van der Waals surface area contributed by atoms with Gasteiger partial charge < -0.3 is 0 Å². The number of allylic oxidation sites excluding steroid dienone is 16. The van der Waals surface area contributed by atoms with Crippen LogP contribution in [0.15, 0.2) is 127 Å². The van der Waals surface area contributed by atoms with Crippen molar-refractivity contribution in [2.45, 2.75) is 65.7 Å². The summed E-state index contributed by atoms with van der Waals surface area (Å²) in [6.45, 7) is 9.15. The normalized spacial score (nSPS) is 25.9. The van der Waals surface area contributed by atoms with E-state index in [1.807, 2.05) is 0 Å². The molecule has 0 bridgehead atoms. The predicted octanol–water partition coefficient (Wildman–Crippen LogP) is 11.9. The van der Waals surface area contributed by atoms with Gasteiger partial charge >= 0.3 is 0 Å². The van der Waals surface area contributed by atoms with Gasteiger partial charge in [-0.15, -0.1) is 0 Å². The second-order valence-corrected chi connectivity index (χ2v) is 14.7. The Hall–Kier alpha value is -4.56. The summed E-state index contributed by atoms with van der Waals surface area (Å²) in [4.78, 5) is 10.6. The highest BCUT2D eigenvalue weighted by Gasteiger charge is 2.36. The van der Waals surface area contributed by atoms with Crippen LogP contribution in [-0.4, -0.2) is 9.97 Å². The summed E-state index contributed by atoms with van der Waals surface area (Å²) in [6.07, 6.45) is 33.1. The highest BCUT2D eigenvalue weighted by Crippen LogP contribution is 2.49. The van der Waals surface area contributed by atoms with Crippen LogP contribution in [0.4, 0.5) is 0 Å². The van der Waals surface area contributed by atoms with Crippen LogP contribution in [0.1, 0.15) is 80.1 Å². The molecule has 0 saturated heterocycles. The lowest BCUT2D eigenvalue weighted by atomic mass is 9.64. The molecule has 1 heterocycles. The van der Waals surface area contributed by atoms with Gasteiger partial charge in [-0.3, -0.25) is 0 Å². The van der Waals surface area contributed by atoms with E-state index < -0.39 is 0 Å². The van der Waals surface area contributed by atoms with Gasteiger partial charge in [0.05, 0.1) is 11.4 Å². The van der Waals surface area contributed by atoms with E-state index in [0.29, 0.717) is 23.7 Å². The fourth-order valence-corrected chi connectivity index (χ4v) is 8.63. The van der Waals surface area contributed by atoms with E-state index in [-0.39, 0.29) is 5.92 Å². The molecule has 2 heteroatoms. The van der Waals surface area contributed by atoms with Crippen molar-refractivity contribution in [2.24, 2.45) is 23.7 Å². The van der Waals surface area contributed by atoms with Crippen molar-refractivity contribution < 1.29 is 0 Å². The molecule has 8 rings (SSSR count). The van der Waals surface area contributed by atoms with Crippen molar-refractivity contribution >= 4 is 11.1 Å². The lowest BCUT2D eigenvalue weighted by Crippen LogP contribution is -2.29. The number of rotatable bonds is 5. The van der Waals surface area contributed by atoms with Crippen molar-refractivity contribution in [3.05, 3.63) is 155 Å². The van der Waals surface area contributed by atoms with Crippen LogP contribution < -0.4 is 0 Å². The van der Waals surface area contributed by atoms with Crippen LogP contribution in [0.2, 0.25) is 0 Å². The Morgan fingerprint density at radius 2 is 1.60 bits per heavy atom. The van der Waals surface area contributed by atoms with Crippen molar-refractivity contribution in [2.75, 3.05) is 0 Å². The molecule has 3 aromatic rings. The number of nitrogens with zero attached hydrogens (tertiary/aromatic N) is 2. The van der Waals surface area contributed by atoms with Crippen molar-refractivity contribution in [3.63, 3.8) is 0 Å². The van der Waals surface area contributed by atoms with E-state index in [4.69, 9.17) is 9.97 Å². The Morgan fingerprint density at radius 1 is 0.750 bits per heavy atom. The van der Waals surface area contributed by atoms with E-state index >= 15 is 0 Å². The third kappa shape index (κ3) is 5.87. The summed E-state index contributed by atoms with van der Waals surface area (Å²) in [7, 11) is 0. The minimum atomic E-state index is 0.174. The van der Waals surface area contributed by atoms with Gasteiger partial charge in [-0.2, -0.15) is 0 Å². The standard InChI is InChI=1S/C46H46N2/c1-29-12-10-16-34(23-29)43-28-44(48-46(47-43)33-14-6-5-7-15-33)38-25-36(39-21-20-30(2)22-32(39)4)24-37(26-38)42-27-35-17-11-13-31(3)45(35)41-19-9-8-18-40(41)42/h5-7,9-12,14,16-17,19-22,24-29,31,33,41,45H,8,13,15,18,23H2,1-4H3. The van der Waals surface area contributed by atoms with Gasteiger partial charge in [0.2, 0.25) is 0 Å². The number of hydrogen-bond donors (Lipinski definition) is 0. The molecule has 0 saturated carbocycles. The van der Waals surface area contributed by atoms with E-state index in [0.717, 1.165) is 54.9 Å². The molecule has 5 aliphatic rings. The summed E-state index contributed by atoms with van der Waals surface area (Å²) in [5.41, 5.74) is 15.4. The maximum atomic E-state index is 5.36. The summed E-state index contributed by atoms with van der Waals surface area (Å²) >= 11 is 0. The molecule has 0 aliphatic heterocycles. The molecular formula is C46H46N2.